The Morgan fingerprint density at radius 2 is 2.05 bits per heavy atom. The maximum absolute atomic E-state index is 11.0. The molecule has 5 heteroatoms. The molecular weight excluding hydrogens is 262 g/mol. The van der Waals surface area contributed by atoms with Crippen LogP contribution < -0.4 is 0 Å². The molecule has 0 radical (unpaired) electrons. The molecule has 4 nitrogen and oxygen atoms in total. The van der Waals surface area contributed by atoms with Gasteiger partial charge in [0, 0.05) is 5.02 Å². The number of unbranched alkanes of at least 4 members (excludes halogenated alkanes) is 1. The number of benzene rings is 1. The van der Waals surface area contributed by atoms with Crippen molar-refractivity contribution in [1.29, 1.82) is 0 Å². The molecule has 0 aliphatic carbocycles. The zero-order valence-electron chi connectivity index (χ0n) is 10.8. The van der Waals surface area contributed by atoms with Crippen LogP contribution in [0.1, 0.15) is 41.5 Å². The van der Waals surface area contributed by atoms with Crippen LogP contribution in [-0.2, 0) is 13.0 Å². The molecule has 100 valence electrons. The van der Waals surface area contributed by atoms with Gasteiger partial charge in [-0.15, -0.1) is 5.10 Å². The van der Waals surface area contributed by atoms with Crippen molar-refractivity contribution >= 4 is 17.9 Å². The van der Waals surface area contributed by atoms with E-state index in [1.54, 1.807) is 4.68 Å². The Bertz CT molecular complexity index is 548. The lowest BCUT2D eigenvalue weighted by Crippen LogP contribution is -2.07. The standard InChI is InChI=1S/C14H16ClN3O/c1-2-3-4-14-13(10-19)16-17-18(14)9-11-5-7-12(15)8-6-11/h5-8,10H,2-4,9H2,1H3. The topological polar surface area (TPSA) is 47.8 Å². The van der Waals surface area contributed by atoms with E-state index in [1.807, 2.05) is 24.3 Å². The first-order valence-corrected chi connectivity index (χ1v) is 6.74. The third kappa shape index (κ3) is 3.41. The quantitative estimate of drug-likeness (QED) is 0.762. The van der Waals surface area contributed by atoms with Crippen LogP contribution in [0.2, 0.25) is 5.02 Å². The molecule has 1 aromatic carbocycles. The second-order valence-corrected chi connectivity index (χ2v) is 4.86. The summed E-state index contributed by atoms with van der Waals surface area (Å²) in [6, 6.07) is 7.60. The Morgan fingerprint density at radius 1 is 1.32 bits per heavy atom. The number of rotatable bonds is 6. The summed E-state index contributed by atoms with van der Waals surface area (Å²) in [7, 11) is 0. The third-order valence-electron chi connectivity index (χ3n) is 2.99. The number of aldehydes is 1. The van der Waals surface area contributed by atoms with E-state index in [1.165, 1.54) is 0 Å². The van der Waals surface area contributed by atoms with Crippen LogP contribution in [0.15, 0.2) is 24.3 Å². The molecule has 1 aromatic heterocycles. The highest BCUT2D eigenvalue weighted by Crippen LogP contribution is 2.13. The second-order valence-electron chi connectivity index (χ2n) is 4.43. The van der Waals surface area contributed by atoms with E-state index in [9.17, 15) is 4.79 Å². The predicted octanol–water partition coefficient (Wildman–Crippen LogP) is 3.13. The van der Waals surface area contributed by atoms with E-state index in [0.717, 1.165) is 36.8 Å². The molecule has 2 rings (SSSR count). The number of hydrogen-bond acceptors (Lipinski definition) is 3. The van der Waals surface area contributed by atoms with Gasteiger partial charge < -0.3 is 0 Å². The fourth-order valence-corrected chi connectivity index (χ4v) is 2.05. The summed E-state index contributed by atoms with van der Waals surface area (Å²) in [5, 5.41) is 8.69. The van der Waals surface area contributed by atoms with Crippen LogP contribution in [0.4, 0.5) is 0 Å². The van der Waals surface area contributed by atoms with Gasteiger partial charge in [-0.2, -0.15) is 0 Å². The molecule has 2 aromatic rings. The number of carbonyl (C=O) groups excluding carboxylic acids is 1. The Labute approximate surface area is 117 Å². The highest BCUT2D eigenvalue weighted by atomic mass is 35.5. The van der Waals surface area contributed by atoms with Crippen LogP contribution in [0.25, 0.3) is 0 Å². The molecule has 0 spiro atoms. The first-order chi connectivity index (χ1) is 9.24. The summed E-state index contributed by atoms with van der Waals surface area (Å²) in [6.45, 7) is 2.73. The molecule has 0 amide bonds. The average Bonchev–Trinajstić information content (AvgIpc) is 2.81. The molecule has 0 bridgehead atoms. The lowest BCUT2D eigenvalue weighted by Gasteiger charge is -2.06. The van der Waals surface area contributed by atoms with Gasteiger partial charge in [-0.25, -0.2) is 4.68 Å². The normalized spacial score (nSPS) is 10.6. The lowest BCUT2D eigenvalue weighted by atomic mass is 10.1. The van der Waals surface area contributed by atoms with Gasteiger partial charge in [-0.3, -0.25) is 4.79 Å². The number of hydrogen-bond donors (Lipinski definition) is 0. The molecule has 0 N–H and O–H groups in total. The Morgan fingerprint density at radius 3 is 2.68 bits per heavy atom. The molecular formula is C14H16ClN3O. The number of aromatic nitrogens is 3. The van der Waals surface area contributed by atoms with Crippen molar-refractivity contribution in [3.63, 3.8) is 0 Å². The van der Waals surface area contributed by atoms with Gasteiger partial charge in [0.05, 0.1) is 12.2 Å². The smallest absolute Gasteiger partial charge is 0.172 e. The number of nitrogens with zero attached hydrogens (tertiary/aromatic N) is 3. The van der Waals surface area contributed by atoms with E-state index in [-0.39, 0.29) is 0 Å². The summed E-state index contributed by atoms with van der Waals surface area (Å²) in [6.07, 6.45) is 3.70. The van der Waals surface area contributed by atoms with Crippen LogP contribution in [-0.4, -0.2) is 21.3 Å². The minimum Gasteiger partial charge on any atom is -0.296 e. The minimum atomic E-state index is 0.447. The van der Waals surface area contributed by atoms with Gasteiger partial charge >= 0.3 is 0 Å². The van der Waals surface area contributed by atoms with Gasteiger partial charge in [-0.05, 0) is 30.5 Å². The first kappa shape index (κ1) is 13.7. The van der Waals surface area contributed by atoms with Crippen LogP contribution in [0.5, 0.6) is 0 Å². The van der Waals surface area contributed by atoms with E-state index >= 15 is 0 Å². The monoisotopic (exact) mass is 277 g/mol. The van der Waals surface area contributed by atoms with Crippen molar-refractivity contribution < 1.29 is 4.79 Å². The minimum absolute atomic E-state index is 0.447. The molecule has 0 saturated carbocycles. The van der Waals surface area contributed by atoms with Gasteiger partial charge in [0.2, 0.25) is 0 Å². The highest BCUT2D eigenvalue weighted by Gasteiger charge is 2.11. The van der Waals surface area contributed by atoms with Gasteiger partial charge in [-0.1, -0.05) is 42.3 Å². The maximum Gasteiger partial charge on any atom is 0.172 e. The molecule has 0 fully saturated rings. The van der Waals surface area contributed by atoms with Crippen LogP contribution in [0.3, 0.4) is 0 Å². The summed E-state index contributed by atoms with van der Waals surface area (Å²) >= 11 is 5.86. The lowest BCUT2D eigenvalue weighted by molar-refractivity contribution is 0.111. The SMILES string of the molecule is CCCCc1c(C=O)nnn1Cc1ccc(Cl)cc1. The summed E-state index contributed by atoms with van der Waals surface area (Å²) in [5.74, 6) is 0. The highest BCUT2D eigenvalue weighted by molar-refractivity contribution is 6.30. The molecule has 1 heterocycles. The zero-order chi connectivity index (χ0) is 13.7. The van der Waals surface area contributed by atoms with E-state index < -0.39 is 0 Å². The Hall–Kier alpha value is -1.68. The molecule has 0 aliphatic heterocycles. The maximum atomic E-state index is 11.0. The summed E-state index contributed by atoms with van der Waals surface area (Å²) in [4.78, 5) is 11.0. The van der Waals surface area contributed by atoms with Crippen molar-refractivity contribution in [1.82, 2.24) is 15.0 Å². The first-order valence-electron chi connectivity index (χ1n) is 6.36. The molecule has 0 unspecified atom stereocenters. The Balaban J connectivity index is 2.21. The molecule has 0 saturated heterocycles. The fourth-order valence-electron chi connectivity index (χ4n) is 1.93. The predicted molar refractivity (Wildman–Crippen MR) is 74.6 cm³/mol. The van der Waals surface area contributed by atoms with E-state index in [2.05, 4.69) is 17.2 Å². The number of carbonyl (C=O) groups is 1. The van der Waals surface area contributed by atoms with Crippen molar-refractivity contribution in [2.45, 2.75) is 32.7 Å². The second kappa shape index (κ2) is 6.48. The van der Waals surface area contributed by atoms with E-state index in [0.29, 0.717) is 17.3 Å². The van der Waals surface area contributed by atoms with Gasteiger partial charge in [0.25, 0.3) is 0 Å². The van der Waals surface area contributed by atoms with Crippen molar-refractivity contribution in [2.75, 3.05) is 0 Å². The zero-order valence-corrected chi connectivity index (χ0v) is 11.6. The summed E-state index contributed by atoms with van der Waals surface area (Å²) < 4.78 is 1.79. The molecule has 0 aliphatic rings. The van der Waals surface area contributed by atoms with Crippen LogP contribution >= 0.6 is 11.6 Å². The fraction of sp³-hybridized carbons (Fsp3) is 0.357. The van der Waals surface area contributed by atoms with E-state index in [4.69, 9.17) is 11.6 Å². The Kier molecular flexibility index (Phi) is 4.68. The van der Waals surface area contributed by atoms with Crippen LogP contribution in [0, 0.1) is 0 Å². The average molecular weight is 278 g/mol. The largest absolute Gasteiger partial charge is 0.296 e. The number of halogens is 1. The third-order valence-corrected chi connectivity index (χ3v) is 3.24. The molecule has 0 atom stereocenters. The van der Waals surface area contributed by atoms with Crippen molar-refractivity contribution in [3.8, 4) is 0 Å². The molecule has 19 heavy (non-hydrogen) atoms. The summed E-state index contributed by atoms with van der Waals surface area (Å²) in [5.41, 5.74) is 2.44. The van der Waals surface area contributed by atoms with Crippen molar-refractivity contribution in [3.05, 3.63) is 46.2 Å². The van der Waals surface area contributed by atoms with Gasteiger partial charge in [0.15, 0.2) is 6.29 Å². The van der Waals surface area contributed by atoms with Gasteiger partial charge in [0.1, 0.15) is 5.69 Å². The van der Waals surface area contributed by atoms with Crippen molar-refractivity contribution in [2.24, 2.45) is 0 Å².